The third-order valence-corrected chi connectivity index (χ3v) is 6.80. The lowest BCUT2D eigenvalue weighted by Gasteiger charge is -2.24. The van der Waals surface area contributed by atoms with Crippen LogP contribution in [0, 0.1) is 0 Å². The molecule has 20 heavy (non-hydrogen) atoms. The average Bonchev–Trinajstić information content (AvgIpc) is 3.07. The molecular formula is C15H13Br2NOS. The zero-order valence-electron chi connectivity index (χ0n) is 10.7. The summed E-state index contributed by atoms with van der Waals surface area (Å²) in [6.45, 7) is 0.839. The Labute approximate surface area is 139 Å². The van der Waals surface area contributed by atoms with E-state index >= 15 is 0 Å². The second-order valence-corrected chi connectivity index (χ2v) is 8.02. The number of nitrogens with zero attached hydrogens (tertiary/aromatic N) is 1. The molecule has 0 saturated carbocycles. The Kier molecular flexibility index (Phi) is 4.29. The lowest BCUT2D eigenvalue weighted by atomic mass is 10.0. The van der Waals surface area contributed by atoms with E-state index < -0.39 is 0 Å². The van der Waals surface area contributed by atoms with Gasteiger partial charge in [-0.05, 0) is 56.3 Å². The fourth-order valence-corrected chi connectivity index (χ4v) is 4.62. The molecule has 2 nitrogen and oxygen atoms in total. The number of rotatable bonds is 2. The highest BCUT2D eigenvalue weighted by Crippen LogP contribution is 2.37. The Morgan fingerprint density at radius 1 is 1.25 bits per heavy atom. The van der Waals surface area contributed by atoms with Crippen molar-refractivity contribution in [2.75, 3.05) is 6.54 Å². The van der Waals surface area contributed by atoms with E-state index in [0.29, 0.717) is 0 Å². The van der Waals surface area contributed by atoms with Crippen LogP contribution in [0.5, 0.6) is 0 Å². The molecule has 1 aliphatic rings. The van der Waals surface area contributed by atoms with Crippen molar-refractivity contribution in [1.29, 1.82) is 0 Å². The van der Waals surface area contributed by atoms with Crippen molar-refractivity contribution in [2.24, 2.45) is 0 Å². The Hall–Kier alpha value is -0.650. The van der Waals surface area contributed by atoms with Gasteiger partial charge in [0.15, 0.2) is 0 Å². The highest BCUT2D eigenvalue weighted by molar-refractivity contribution is 9.13. The van der Waals surface area contributed by atoms with Gasteiger partial charge in [-0.25, -0.2) is 0 Å². The van der Waals surface area contributed by atoms with Crippen LogP contribution < -0.4 is 0 Å². The summed E-state index contributed by atoms with van der Waals surface area (Å²) < 4.78 is 1.91. The smallest absolute Gasteiger partial charge is 0.264 e. The first kappa shape index (κ1) is 14.3. The van der Waals surface area contributed by atoms with Gasteiger partial charge in [-0.1, -0.05) is 30.3 Å². The molecule has 1 aromatic carbocycles. The van der Waals surface area contributed by atoms with Crippen molar-refractivity contribution >= 4 is 49.1 Å². The van der Waals surface area contributed by atoms with Gasteiger partial charge in [0.25, 0.3) is 5.91 Å². The third kappa shape index (κ3) is 2.71. The van der Waals surface area contributed by atoms with Gasteiger partial charge in [0.05, 0.1) is 14.7 Å². The number of amides is 1. The summed E-state index contributed by atoms with van der Waals surface area (Å²) in [5.74, 6) is 0.132. The van der Waals surface area contributed by atoms with E-state index in [1.54, 1.807) is 0 Å². The van der Waals surface area contributed by atoms with Gasteiger partial charge in [0.2, 0.25) is 0 Å². The number of halogens is 2. The molecule has 2 heterocycles. The number of likely N-dealkylation sites (tertiary alicyclic amines) is 1. The van der Waals surface area contributed by atoms with Gasteiger partial charge < -0.3 is 4.90 Å². The van der Waals surface area contributed by atoms with Crippen LogP contribution in [-0.4, -0.2) is 17.4 Å². The molecule has 0 N–H and O–H groups in total. The standard InChI is InChI=1S/C15H13Br2NOS/c16-11-9-13(20-14(11)17)15(19)18-8-4-7-12(18)10-5-2-1-3-6-10/h1-3,5-6,9,12H,4,7-8H2. The molecule has 1 amide bonds. The molecule has 104 valence electrons. The summed E-state index contributed by atoms with van der Waals surface area (Å²) in [6, 6.07) is 12.4. The first-order valence-electron chi connectivity index (χ1n) is 6.47. The van der Waals surface area contributed by atoms with Gasteiger partial charge in [-0.15, -0.1) is 11.3 Å². The van der Waals surface area contributed by atoms with Crippen LogP contribution in [0.2, 0.25) is 0 Å². The Bertz CT molecular complexity index is 607. The van der Waals surface area contributed by atoms with Gasteiger partial charge in [-0.3, -0.25) is 4.79 Å². The van der Waals surface area contributed by atoms with Crippen molar-refractivity contribution in [3.05, 3.63) is 55.1 Å². The maximum atomic E-state index is 12.7. The summed E-state index contributed by atoms with van der Waals surface area (Å²) in [6.07, 6.45) is 2.11. The summed E-state index contributed by atoms with van der Waals surface area (Å²) >= 11 is 8.38. The maximum Gasteiger partial charge on any atom is 0.264 e. The zero-order valence-corrected chi connectivity index (χ0v) is 14.7. The average molecular weight is 415 g/mol. The van der Waals surface area contributed by atoms with E-state index in [-0.39, 0.29) is 11.9 Å². The molecule has 5 heteroatoms. The molecule has 1 aliphatic heterocycles. The first-order valence-corrected chi connectivity index (χ1v) is 8.88. The Balaban J connectivity index is 1.87. The second-order valence-electron chi connectivity index (χ2n) is 4.80. The first-order chi connectivity index (χ1) is 9.66. The number of thiophene rings is 1. The van der Waals surface area contributed by atoms with Crippen LogP contribution in [-0.2, 0) is 0 Å². The molecule has 0 spiro atoms. The maximum absolute atomic E-state index is 12.7. The molecule has 0 radical (unpaired) electrons. The summed E-state index contributed by atoms with van der Waals surface area (Å²) in [5, 5.41) is 0. The predicted octanol–water partition coefficient (Wildman–Crippen LogP) is 5.25. The minimum Gasteiger partial charge on any atom is -0.331 e. The van der Waals surface area contributed by atoms with Crippen molar-refractivity contribution in [1.82, 2.24) is 4.90 Å². The molecule has 1 aromatic heterocycles. The van der Waals surface area contributed by atoms with Crippen LogP contribution in [0.4, 0.5) is 0 Å². The normalized spacial score (nSPS) is 18.5. The minimum atomic E-state index is 0.132. The number of hydrogen-bond donors (Lipinski definition) is 0. The lowest BCUT2D eigenvalue weighted by Crippen LogP contribution is -2.29. The highest BCUT2D eigenvalue weighted by Gasteiger charge is 2.31. The number of carbonyl (C=O) groups excluding carboxylic acids is 1. The molecule has 1 saturated heterocycles. The molecule has 3 rings (SSSR count). The molecule has 1 atom stereocenters. The number of carbonyl (C=O) groups is 1. The molecule has 1 fully saturated rings. The Morgan fingerprint density at radius 2 is 2.00 bits per heavy atom. The van der Waals surface area contributed by atoms with E-state index in [1.807, 2.05) is 29.2 Å². The highest BCUT2D eigenvalue weighted by atomic mass is 79.9. The molecule has 0 bridgehead atoms. The van der Waals surface area contributed by atoms with Crippen molar-refractivity contribution in [3.8, 4) is 0 Å². The second kappa shape index (κ2) is 6.00. The van der Waals surface area contributed by atoms with E-state index in [0.717, 1.165) is 32.5 Å². The van der Waals surface area contributed by atoms with Crippen LogP contribution in [0.15, 0.2) is 44.7 Å². The van der Waals surface area contributed by atoms with Crippen molar-refractivity contribution in [2.45, 2.75) is 18.9 Å². The van der Waals surface area contributed by atoms with Crippen molar-refractivity contribution < 1.29 is 4.79 Å². The molecule has 0 aliphatic carbocycles. The number of benzene rings is 1. The monoisotopic (exact) mass is 413 g/mol. The van der Waals surface area contributed by atoms with E-state index in [9.17, 15) is 4.79 Å². The fourth-order valence-electron chi connectivity index (χ4n) is 2.63. The molecule has 2 aromatic rings. The van der Waals surface area contributed by atoms with Crippen LogP contribution in [0.3, 0.4) is 0 Å². The van der Waals surface area contributed by atoms with E-state index in [2.05, 4.69) is 44.0 Å². The van der Waals surface area contributed by atoms with Gasteiger partial charge >= 0.3 is 0 Å². The summed E-state index contributed by atoms with van der Waals surface area (Å²) in [7, 11) is 0. The zero-order chi connectivity index (χ0) is 14.1. The van der Waals surface area contributed by atoms with E-state index in [1.165, 1.54) is 16.9 Å². The number of hydrogen-bond acceptors (Lipinski definition) is 2. The topological polar surface area (TPSA) is 20.3 Å². The largest absolute Gasteiger partial charge is 0.331 e. The Morgan fingerprint density at radius 3 is 2.65 bits per heavy atom. The van der Waals surface area contributed by atoms with E-state index in [4.69, 9.17) is 0 Å². The van der Waals surface area contributed by atoms with Gasteiger partial charge in [-0.2, -0.15) is 0 Å². The lowest BCUT2D eigenvalue weighted by molar-refractivity contribution is 0.0740. The SMILES string of the molecule is O=C(c1cc(Br)c(Br)s1)N1CCCC1c1ccccc1. The quantitative estimate of drug-likeness (QED) is 0.656. The van der Waals surface area contributed by atoms with Crippen LogP contribution in [0.25, 0.3) is 0 Å². The van der Waals surface area contributed by atoms with Crippen LogP contribution in [0.1, 0.15) is 34.1 Å². The molecular weight excluding hydrogens is 402 g/mol. The minimum absolute atomic E-state index is 0.132. The fraction of sp³-hybridized carbons (Fsp3) is 0.267. The third-order valence-electron chi connectivity index (χ3n) is 3.55. The van der Waals surface area contributed by atoms with Gasteiger partial charge in [0, 0.05) is 11.0 Å². The summed E-state index contributed by atoms with van der Waals surface area (Å²) in [5.41, 5.74) is 1.23. The van der Waals surface area contributed by atoms with Gasteiger partial charge in [0.1, 0.15) is 0 Å². The predicted molar refractivity (Wildman–Crippen MR) is 89.2 cm³/mol. The summed E-state index contributed by atoms with van der Waals surface area (Å²) in [4.78, 5) is 15.5. The molecule has 1 unspecified atom stereocenters. The van der Waals surface area contributed by atoms with Crippen LogP contribution >= 0.6 is 43.2 Å². The van der Waals surface area contributed by atoms with Crippen molar-refractivity contribution in [3.63, 3.8) is 0 Å².